The first-order valence-corrected chi connectivity index (χ1v) is 10.9. The van der Waals surface area contributed by atoms with Crippen molar-refractivity contribution in [3.63, 3.8) is 0 Å². The molecular weight excluding hydrogens is 248 g/mol. The minimum atomic E-state index is -1.55. The van der Waals surface area contributed by atoms with Crippen molar-refractivity contribution in [3.8, 4) is 0 Å². The fourth-order valence-corrected chi connectivity index (χ4v) is 10.1. The van der Waals surface area contributed by atoms with E-state index in [4.69, 9.17) is 4.43 Å². The molecule has 0 N–H and O–H groups in total. The standard InChI is InChI=1S/C17H36OSi/c1-7-18-19(12-14(2)3,13-15(4)5)17-10-8-16(6)9-11-17/h14-17H,7-13H2,1-6H3. The maximum Gasteiger partial charge on any atom is 0.196 e. The summed E-state index contributed by atoms with van der Waals surface area (Å²) in [6.07, 6.45) is 5.74. The Labute approximate surface area is 122 Å². The lowest BCUT2D eigenvalue weighted by molar-refractivity contribution is 0.273. The molecule has 0 aromatic heterocycles. The molecule has 0 aliphatic heterocycles. The van der Waals surface area contributed by atoms with Gasteiger partial charge in [0.15, 0.2) is 8.32 Å². The average Bonchev–Trinajstić information content (AvgIpc) is 2.28. The van der Waals surface area contributed by atoms with Crippen LogP contribution in [0, 0.1) is 17.8 Å². The zero-order valence-electron chi connectivity index (χ0n) is 14.2. The molecule has 1 fully saturated rings. The number of rotatable bonds is 7. The summed E-state index contributed by atoms with van der Waals surface area (Å²) in [6.45, 7) is 15.1. The van der Waals surface area contributed by atoms with Gasteiger partial charge in [-0.3, -0.25) is 0 Å². The molecule has 0 heterocycles. The summed E-state index contributed by atoms with van der Waals surface area (Å²) in [7, 11) is -1.55. The van der Waals surface area contributed by atoms with Crippen LogP contribution in [0.3, 0.4) is 0 Å². The predicted molar refractivity (Wildman–Crippen MR) is 88.1 cm³/mol. The zero-order valence-corrected chi connectivity index (χ0v) is 15.2. The van der Waals surface area contributed by atoms with Crippen LogP contribution in [0.25, 0.3) is 0 Å². The highest BCUT2D eigenvalue weighted by atomic mass is 28.4. The van der Waals surface area contributed by atoms with E-state index in [1.165, 1.54) is 37.8 Å². The Morgan fingerprint density at radius 3 is 1.79 bits per heavy atom. The maximum absolute atomic E-state index is 6.56. The van der Waals surface area contributed by atoms with Gasteiger partial charge in [-0.1, -0.05) is 60.3 Å². The topological polar surface area (TPSA) is 9.23 Å². The third-order valence-corrected chi connectivity index (χ3v) is 10.6. The van der Waals surface area contributed by atoms with Gasteiger partial charge in [-0.2, -0.15) is 0 Å². The second kappa shape index (κ2) is 7.83. The molecule has 114 valence electrons. The highest BCUT2D eigenvalue weighted by Crippen LogP contribution is 2.45. The van der Waals surface area contributed by atoms with E-state index in [1.807, 2.05) is 0 Å². The largest absolute Gasteiger partial charge is 0.417 e. The van der Waals surface area contributed by atoms with Crippen LogP contribution in [0.1, 0.15) is 67.2 Å². The molecule has 19 heavy (non-hydrogen) atoms. The molecule has 0 unspecified atom stereocenters. The lowest BCUT2D eigenvalue weighted by Crippen LogP contribution is -2.46. The van der Waals surface area contributed by atoms with Crippen LogP contribution in [0.15, 0.2) is 0 Å². The molecular formula is C17H36OSi. The van der Waals surface area contributed by atoms with Crippen LogP contribution >= 0.6 is 0 Å². The molecule has 0 bridgehead atoms. The third-order valence-electron chi connectivity index (χ3n) is 4.70. The summed E-state index contributed by atoms with van der Waals surface area (Å²) in [5.74, 6) is 2.52. The van der Waals surface area contributed by atoms with Gasteiger partial charge in [-0.05, 0) is 42.3 Å². The van der Waals surface area contributed by atoms with Crippen molar-refractivity contribution < 1.29 is 4.43 Å². The molecule has 1 rings (SSSR count). The highest BCUT2D eigenvalue weighted by molar-refractivity contribution is 6.75. The van der Waals surface area contributed by atoms with Gasteiger partial charge in [0.05, 0.1) is 0 Å². The Bertz CT molecular complexity index is 232. The van der Waals surface area contributed by atoms with Gasteiger partial charge < -0.3 is 4.43 Å². The van der Waals surface area contributed by atoms with Crippen molar-refractivity contribution >= 4 is 8.32 Å². The van der Waals surface area contributed by atoms with Gasteiger partial charge >= 0.3 is 0 Å². The minimum absolute atomic E-state index is 0.788. The lowest BCUT2D eigenvalue weighted by Gasteiger charge is -2.43. The summed E-state index contributed by atoms with van der Waals surface area (Å²) < 4.78 is 6.56. The van der Waals surface area contributed by atoms with E-state index in [-0.39, 0.29) is 0 Å². The van der Waals surface area contributed by atoms with Crippen LogP contribution in [0.2, 0.25) is 17.6 Å². The molecule has 1 saturated carbocycles. The summed E-state index contributed by atoms with van der Waals surface area (Å²) in [5.41, 5.74) is 0.924. The molecule has 0 amide bonds. The van der Waals surface area contributed by atoms with Gasteiger partial charge in [0, 0.05) is 6.61 Å². The summed E-state index contributed by atoms with van der Waals surface area (Å²) in [4.78, 5) is 0. The molecule has 0 saturated heterocycles. The SMILES string of the molecule is CCO[Si](CC(C)C)(CC(C)C)C1CCC(C)CC1. The first kappa shape index (κ1) is 17.2. The molecule has 1 aliphatic carbocycles. The van der Waals surface area contributed by atoms with Crippen molar-refractivity contribution in [1.82, 2.24) is 0 Å². The molecule has 1 nitrogen and oxygen atoms in total. The lowest BCUT2D eigenvalue weighted by atomic mass is 9.90. The Kier molecular flexibility index (Phi) is 7.10. The highest BCUT2D eigenvalue weighted by Gasteiger charge is 2.44. The van der Waals surface area contributed by atoms with Crippen LogP contribution in [0.4, 0.5) is 0 Å². The molecule has 1 aliphatic rings. The van der Waals surface area contributed by atoms with Crippen LogP contribution in [-0.4, -0.2) is 14.9 Å². The molecule has 0 spiro atoms. The second-order valence-electron chi connectivity index (χ2n) is 7.65. The van der Waals surface area contributed by atoms with Crippen molar-refractivity contribution in [2.45, 2.75) is 84.9 Å². The van der Waals surface area contributed by atoms with Gasteiger partial charge in [0.25, 0.3) is 0 Å². The third kappa shape index (κ3) is 5.22. The maximum atomic E-state index is 6.56. The molecule has 0 aromatic rings. The van der Waals surface area contributed by atoms with E-state index in [9.17, 15) is 0 Å². The van der Waals surface area contributed by atoms with Crippen molar-refractivity contribution in [2.75, 3.05) is 6.61 Å². The average molecular weight is 285 g/mol. The Morgan fingerprint density at radius 1 is 0.947 bits per heavy atom. The van der Waals surface area contributed by atoms with E-state index in [0.29, 0.717) is 0 Å². The van der Waals surface area contributed by atoms with E-state index in [2.05, 4.69) is 41.5 Å². The number of hydrogen-bond donors (Lipinski definition) is 0. The minimum Gasteiger partial charge on any atom is -0.417 e. The molecule has 2 heteroatoms. The van der Waals surface area contributed by atoms with Crippen LogP contribution in [0.5, 0.6) is 0 Å². The van der Waals surface area contributed by atoms with Gasteiger partial charge in [0.2, 0.25) is 0 Å². The smallest absolute Gasteiger partial charge is 0.196 e. The molecule has 0 aromatic carbocycles. The summed E-state index contributed by atoms with van der Waals surface area (Å²) in [6, 6.07) is 2.75. The summed E-state index contributed by atoms with van der Waals surface area (Å²) in [5, 5.41) is 0. The van der Waals surface area contributed by atoms with Crippen molar-refractivity contribution in [2.24, 2.45) is 17.8 Å². The fourth-order valence-electron chi connectivity index (χ4n) is 4.11. The first-order valence-electron chi connectivity index (χ1n) is 8.53. The Morgan fingerprint density at radius 2 is 1.42 bits per heavy atom. The van der Waals surface area contributed by atoms with Gasteiger partial charge in [-0.25, -0.2) is 0 Å². The van der Waals surface area contributed by atoms with E-state index in [1.54, 1.807) is 0 Å². The number of hydrogen-bond acceptors (Lipinski definition) is 1. The normalized spacial score (nSPS) is 25.3. The van der Waals surface area contributed by atoms with Crippen molar-refractivity contribution in [3.05, 3.63) is 0 Å². The quantitative estimate of drug-likeness (QED) is 0.532. The van der Waals surface area contributed by atoms with Crippen molar-refractivity contribution in [1.29, 1.82) is 0 Å². The van der Waals surface area contributed by atoms with Gasteiger partial charge in [0.1, 0.15) is 0 Å². The monoisotopic (exact) mass is 284 g/mol. The molecule has 0 atom stereocenters. The summed E-state index contributed by atoms with van der Waals surface area (Å²) >= 11 is 0. The molecule has 0 radical (unpaired) electrons. The van der Waals surface area contributed by atoms with Crippen LogP contribution < -0.4 is 0 Å². The zero-order chi connectivity index (χ0) is 14.5. The van der Waals surface area contributed by atoms with E-state index >= 15 is 0 Å². The Balaban J connectivity index is 2.85. The predicted octanol–water partition coefficient (Wildman–Crippen LogP) is 5.86. The fraction of sp³-hybridized carbons (Fsp3) is 1.00. The second-order valence-corrected chi connectivity index (χ2v) is 11.7. The Hall–Kier alpha value is 0.177. The van der Waals surface area contributed by atoms with E-state index < -0.39 is 8.32 Å². The van der Waals surface area contributed by atoms with Gasteiger partial charge in [-0.15, -0.1) is 0 Å². The van der Waals surface area contributed by atoms with E-state index in [0.717, 1.165) is 29.9 Å². The first-order chi connectivity index (χ1) is 8.89. The van der Waals surface area contributed by atoms with Crippen LogP contribution in [-0.2, 0) is 4.43 Å².